The first-order chi connectivity index (χ1) is 11.2. The third kappa shape index (κ3) is 4.63. The number of benzene rings is 2. The Kier molecular flexibility index (Phi) is 5.03. The van der Waals surface area contributed by atoms with E-state index in [0.717, 1.165) is 38.3 Å². The van der Waals surface area contributed by atoms with Gasteiger partial charge in [0.1, 0.15) is 12.4 Å². The number of aryl methyl sites for hydroxylation is 1. The molecule has 0 atom stereocenters. The van der Waals surface area contributed by atoms with E-state index >= 15 is 0 Å². The number of rotatable bonds is 4. The molecule has 1 N–H and O–H groups in total. The van der Waals surface area contributed by atoms with Crippen LogP contribution in [0.15, 0.2) is 53.6 Å². The van der Waals surface area contributed by atoms with Crippen LogP contribution in [0.5, 0.6) is 0 Å². The van der Waals surface area contributed by atoms with Crippen molar-refractivity contribution in [1.82, 2.24) is 5.01 Å². The van der Waals surface area contributed by atoms with Crippen LogP contribution in [0.4, 0.5) is 4.39 Å². The van der Waals surface area contributed by atoms with Crippen LogP contribution >= 0.6 is 0 Å². The minimum Gasteiger partial charge on any atom is -0.328 e. The molecule has 23 heavy (non-hydrogen) atoms. The summed E-state index contributed by atoms with van der Waals surface area (Å²) in [6, 6.07) is 15.2. The number of hydrogen-bond acceptors (Lipinski definition) is 2. The van der Waals surface area contributed by atoms with Gasteiger partial charge in [-0.25, -0.2) is 4.39 Å². The van der Waals surface area contributed by atoms with E-state index in [4.69, 9.17) is 0 Å². The Morgan fingerprint density at radius 3 is 2.35 bits per heavy atom. The second kappa shape index (κ2) is 7.38. The van der Waals surface area contributed by atoms with E-state index in [1.807, 2.05) is 6.21 Å². The lowest BCUT2D eigenvalue weighted by molar-refractivity contribution is -0.918. The second-order valence-corrected chi connectivity index (χ2v) is 6.16. The van der Waals surface area contributed by atoms with Gasteiger partial charge in [0.05, 0.1) is 32.4 Å². The highest BCUT2D eigenvalue weighted by molar-refractivity contribution is 5.79. The van der Waals surface area contributed by atoms with Crippen LogP contribution in [0.1, 0.15) is 16.7 Å². The SMILES string of the molecule is Cc1ccc(C[NH+]2CCN(/N=C\c3ccc(F)cc3)CC2)cc1. The lowest BCUT2D eigenvalue weighted by Gasteiger charge is -2.30. The molecule has 0 radical (unpaired) electrons. The number of hydrazone groups is 1. The van der Waals surface area contributed by atoms with Crippen molar-refractivity contribution in [3.05, 3.63) is 71.0 Å². The first-order valence-corrected chi connectivity index (χ1v) is 8.13. The predicted molar refractivity (Wildman–Crippen MR) is 91.1 cm³/mol. The molecule has 1 saturated heterocycles. The molecule has 0 unspecified atom stereocenters. The van der Waals surface area contributed by atoms with Crippen LogP contribution in [0, 0.1) is 12.7 Å². The number of piperazine rings is 1. The molecule has 1 fully saturated rings. The monoisotopic (exact) mass is 312 g/mol. The summed E-state index contributed by atoms with van der Waals surface area (Å²) in [5, 5.41) is 6.61. The zero-order valence-corrected chi connectivity index (χ0v) is 13.5. The van der Waals surface area contributed by atoms with Gasteiger partial charge in [0.25, 0.3) is 0 Å². The van der Waals surface area contributed by atoms with Crippen molar-refractivity contribution in [2.45, 2.75) is 13.5 Å². The van der Waals surface area contributed by atoms with Crippen LogP contribution in [0.2, 0.25) is 0 Å². The third-order valence-electron chi connectivity index (χ3n) is 4.26. The van der Waals surface area contributed by atoms with Crippen LogP contribution in [-0.2, 0) is 6.54 Å². The van der Waals surface area contributed by atoms with E-state index in [-0.39, 0.29) is 5.82 Å². The minimum absolute atomic E-state index is 0.213. The van der Waals surface area contributed by atoms with E-state index in [0.29, 0.717) is 0 Å². The molecule has 4 heteroatoms. The molecule has 1 aliphatic heterocycles. The molecule has 1 aliphatic rings. The average molecular weight is 312 g/mol. The molecule has 2 aromatic carbocycles. The number of hydrogen-bond donors (Lipinski definition) is 1. The standard InChI is InChI=1S/C19H22FN3/c1-16-2-4-18(5-3-16)15-22-10-12-23(13-11-22)21-14-17-6-8-19(20)9-7-17/h2-9,14H,10-13,15H2,1H3/p+1/b21-14-. The lowest BCUT2D eigenvalue weighted by atomic mass is 10.1. The molecule has 0 spiro atoms. The zero-order chi connectivity index (χ0) is 16.1. The fourth-order valence-electron chi connectivity index (χ4n) is 2.80. The fraction of sp³-hybridized carbons (Fsp3) is 0.316. The summed E-state index contributed by atoms with van der Waals surface area (Å²) < 4.78 is 12.9. The van der Waals surface area contributed by atoms with Gasteiger partial charge in [-0.3, -0.25) is 5.01 Å². The molecule has 120 valence electrons. The van der Waals surface area contributed by atoms with Crippen LogP contribution in [-0.4, -0.2) is 37.4 Å². The van der Waals surface area contributed by atoms with Crippen molar-refractivity contribution in [3.63, 3.8) is 0 Å². The van der Waals surface area contributed by atoms with Gasteiger partial charge in [-0.2, -0.15) is 5.10 Å². The van der Waals surface area contributed by atoms with Crippen molar-refractivity contribution < 1.29 is 9.29 Å². The van der Waals surface area contributed by atoms with Crippen molar-refractivity contribution in [2.24, 2.45) is 5.10 Å². The minimum atomic E-state index is -0.213. The summed E-state index contributed by atoms with van der Waals surface area (Å²) in [5.41, 5.74) is 3.64. The normalized spacial score (nSPS) is 16.2. The molecule has 2 aromatic rings. The number of nitrogens with one attached hydrogen (secondary N) is 1. The van der Waals surface area contributed by atoms with Gasteiger partial charge in [0.15, 0.2) is 0 Å². The third-order valence-corrected chi connectivity index (χ3v) is 4.26. The summed E-state index contributed by atoms with van der Waals surface area (Å²) >= 11 is 0. The molecule has 0 aromatic heterocycles. The first kappa shape index (κ1) is 15.7. The van der Waals surface area contributed by atoms with Crippen LogP contribution in [0.3, 0.4) is 0 Å². The molecule has 1 heterocycles. The maximum atomic E-state index is 12.9. The zero-order valence-electron chi connectivity index (χ0n) is 13.5. The molecule has 0 bridgehead atoms. The summed E-state index contributed by atoms with van der Waals surface area (Å²) in [4.78, 5) is 1.60. The Labute approximate surface area is 137 Å². The Balaban J connectivity index is 1.48. The maximum absolute atomic E-state index is 12.9. The van der Waals surface area contributed by atoms with Crippen molar-refractivity contribution in [1.29, 1.82) is 0 Å². The van der Waals surface area contributed by atoms with E-state index in [1.54, 1.807) is 17.0 Å². The van der Waals surface area contributed by atoms with Gasteiger partial charge < -0.3 is 4.90 Å². The van der Waals surface area contributed by atoms with Crippen LogP contribution < -0.4 is 4.90 Å². The molecular formula is C19H23FN3+. The van der Waals surface area contributed by atoms with E-state index in [1.165, 1.54) is 23.3 Å². The van der Waals surface area contributed by atoms with Gasteiger partial charge in [0.2, 0.25) is 0 Å². The van der Waals surface area contributed by atoms with Gasteiger partial charge in [0, 0.05) is 5.56 Å². The molecule has 3 nitrogen and oxygen atoms in total. The quantitative estimate of drug-likeness (QED) is 0.855. The Bertz CT molecular complexity index is 641. The Hall–Kier alpha value is -2.20. The molecule has 0 amide bonds. The highest BCUT2D eigenvalue weighted by Gasteiger charge is 2.18. The molecule has 0 saturated carbocycles. The Morgan fingerprint density at radius 2 is 1.70 bits per heavy atom. The van der Waals surface area contributed by atoms with E-state index < -0.39 is 0 Å². The number of halogens is 1. The van der Waals surface area contributed by atoms with Gasteiger partial charge in [-0.15, -0.1) is 0 Å². The summed E-state index contributed by atoms with van der Waals surface area (Å²) in [6.07, 6.45) is 1.81. The van der Waals surface area contributed by atoms with Gasteiger partial charge >= 0.3 is 0 Å². The van der Waals surface area contributed by atoms with E-state index in [9.17, 15) is 4.39 Å². The predicted octanol–water partition coefficient (Wildman–Crippen LogP) is 1.87. The lowest BCUT2D eigenvalue weighted by Crippen LogP contribution is -3.13. The first-order valence-electron chi connectivity index (χ1n) is 8.13. The number of quaternary nitrogens is 1. The maximum Gasteiger partial charge on any atom is 0.123 e. The van der Waals surface area contributed by atoms with Crippen molar-refractivity contribution in [2.75, 3.05) is 26.2 Å². The Morgan fingerprint density at radius 1 is 1.04 bits per heavy atom. The largest absolute Gasteiger partial charge is 0.328 e. The molecular weight excluding hydrogens is 289 g/mol. The summed E-state index contributed by atoms with van der Waals surface area (Å²) in [7, 11) is 0. The highest BCUT2D eigenvalue weighted by Crippen LogP contribution is 2.03. The summed E-state index contributed by atoms with van der Waals surface area (Å²) in [5.74, 6) is -0.213. The summed E-state index contributed by atoms with van der Waals surface area (Å²) in [6.45, 7) is 7.30. The molecule has 3 rings (SSSR count). The molecule has 0 aliphatic carbocycles. The topological polar surface area (TPSA) is 20.0 Å². The van der Waals surface area contributed by atoms with Crippen molar-refractivity contribution in [3.8, 4) is 0 Å². The van der Waals surface area contributed by atoms with Gasteiger partial charge in [-0.05, 0) is 24.6 Å². The van der Waals surface area contributed by atoms with Crippen molar-refractivity contribution >= 4 is 6.21 Å². The van der Waals surface area contributed by atoms with Crippen LogP contribution in [0.25, 0.3) is 0 Å². The highest BCUT2D eigenvalue weighted by atomic mass is 19.1. The smallest absolute Gasteiger partial charge is 0.123 e. The van der Waals surface area contributed by atoms with Gasteiger partial charge in [-0.1, -0.05) is 42.0 Å². The number of nitrogens with zero attached hydrogens (tertiary/aromatic N) is 2. The van der Waals surface area contributed by atoms with E-state index in [2.05, 4.69) is 41.3 Å². The average Bonchev–Trinajstić information content (AvgIpc) is 2.58. The fourth-order valence-corrected chi connectivity index (χ4v) is 2.80. The second-order valence-electron chi connectivity index (χ2n) is 6.16.